The first-order valence-corrected chi connectivity index (χ1v) is 8.95. The highest BCUT2D eigenvalue weighted by Gasteiger charge is 2.14. The SMILES string of the molecule is N#C/C(=C/c1ccc(-c2ccc(C(=O)O)c(Cl)c2)o1)C(=O)Nc1cccc(Cl)c1. The summed E-state index contributed by atoms with van der Waals surface area (Å²) in [6, 6.07) is 16.0. The smallest absolute Gasteiger partial charge is 0.337 e. The number of carbonyl (C=O) groups is 2. The number of anilines is 1. The Labute approximate surface area is 175 Å². The van der Waals surface area contributed by atoms with Crippen molar-refractivity contribution in [3.05, 3.63) is 81.5 Å². The van der Waals surface area contributed by atoms with Gasteiger partial charge in [0, 0.05) is 22.3 Å². The lowest BCUT2D eigenvalue weighted by Crippen LogP contribution is -2.13. The zero-order chi connectivity index (χ0) is 21.0. The number of hydrogen-bond donors (Lipinski definition) is 2. The lowest BCUT2D eigenvalue weighted by Gasteiger charge is -2.04. The van der Waals surface area contributed by atoms with E-state index in [0.717, 1.165) is 0 Å². The molecule has 0 spiro atoms. The Kier molecular flexibility index (Phi) is 6.03. The Balaban J connectivity index is 1.82. The fourth-order valence-electron chi connectivity index (χ4n) is 2.48. The van der Waals surface area contributed by atoms with Gasteiger partial charge in [-0.15, -0.1) is 0 Å². The number of furan rings is 1. The van der Waals surface area contributed by atoms with Crippen LogP contribution in [-0.4, -0.2) is 17.0 Å². The van der Waals surface area contributed by atoms with Crippen LogP contribution in [0.15, 0.2) is 64.6 Å². The van der Waals surface area contributed by atoms with Gasteiger partial charge in [-0.3, -0.25) is 4.79 Å². The number of nitrogens with zero attached hydrogens (tertiary/aromatic N) is 1. The van der Waals surface area contributed by atoms with Gasteiger partial charge in [0.2, 0.25) is 0 Å². The average Bonchev–Trinajstić information content (AvgIpc) is 3.14. The molecule has 0 fully saturated rings. The molecule has 0 unspecified atom stereocenters. The Morgan fingerprint density at radius 2 is 1.90 bits per heavy atom. The maximum atomic E-state index is 12.3. The summed E-state index contributed by atoms with van der Waals surface area (Å²) in [6.45, 7) is 0. The van der Waals surface area contributed by atoms with E-state index in [1.807, 2.05) is 6.07 Å². The van der Waals surface area contributed by atoms with Gasteiger partial charge in [0.05, 0.1) is 10.6 Å². The second kappa shape index (κ2) is 8.65. The minimum absolute atomic E-state index is 0.0217. The highest BCUT2D eigenvalue weighted by Crippen LogP contribution is 2.28. The van der Waals surface area contributed by atoms with Crippen LogP contribution in [0.2, 0.25) is 10.0 Å². The molecule has 0 aliphatic heterocycles. The van der Waals surface area contributed by atoms with Crippen LogP contribution in [0.4, 0.5) is 5.69 Å². The van der Waals surface area contributed by atoms with Crippen molar-refractivity contribution < 1.29 is 19.1 Å². The van der Waals surface area contributed by atoms with Crippen LogP contribution in [0.25, 0.3) is 17.4 Å². The molecule has 0 aliphatic carbocycles. The number of nitrogens with one attached hydrogen (secondary N) is 1. The average molecular weight is 427 g/mol. The molecule has 0 bridgehead atoms. The number of aromatic carboxylic acids is 1. The van der Waals surface area contributed by atoms with Crippen molar-refractivity contribution in [2.24, 2.45) is 0 Å². The molecular formula is C21H12Cl2N2O4. The number of benzene rings is 2. The monoisotopic (exact) mass is 426 g/mol. The Morgan fingerprint density at radius 3 is 2.55 bits per heavy atom. The molecule has 0 aliphatic rings. The third-order valence-electron chi connectivity index (χ3n) is 3.84. The zero-order valence-corrected chi connectivity index (χ0v) is 16.2. The highest BCUT2D eigenvalue weighted by atomic mass is 35.5. The second-order valence-electron chi connectivity index (χ2n) is 5.84. The summed E-state index contributed by atoms with van der Waals surface area (Å²) in [7, 11) is 0. The van der Waals surface area contributed by atoms with Crippen LogP contribution in [0.1, 0.15) is 16.1 Å². The molecular weight excluding hydrogens is 415 g/mol. The largest absolute Gasteiger partial charge is 0.478 e. The number of nitriles is 1. The van der Waals surface area contributed by atoms with E-state index in [-0.39, 0.29) is 21.9 Å². The number of carbonyl (C=O) groups excluding carboxylic acids is 1. The van der Waals surface area contributed by atoms with Crippen molar-refractivity contribution in [3.63, 3.8) is 0 Å². The standard InChI is InChI=1S/C21H12Cl2N2O4/c22-14-2-1-3-15(10-14)25-20(26)13(11-24)8-16-5-7-19(29-16)12-4-6-17(21(27)28)18(23)9-12/h1-10H,(H,25,26)(H,27,28)/b13-8-. The van der Waals surface area contributed by atoms with Gasteiger partial charge in [0.15, 0.2) is 0 Å². The van der Waals surface area contributed by atoms with Crippen molar-refractivity contribution in [3.8, 4) is 17.4 Å². The van der Waals surface area contributed by atoms with Gasteiger partial charge in [-0.2, -0.15) is 5.26 Å². The van der Waals surface area contributed by atoms with Crippen LogP contribution in [-0.2, 0) is 4.79 Å². The molecule has 8 heteroatoms. The van der Waals surface area contributed by atoms with E-state index in [4.69, 9.17) is 32.7 Å². The molecule has 0 saturated carbocycles. The molecule has 3 rings (SSSR count). The van der Waals surface area contributed by atoms with Gasteiger partial charge in [-0.1, -0.05) is 35.3 Å². The molecule has 144 valence electrons. The van der Waals surface area contributed by atoms with Gasteiger partial charge in [0.1, 0.15) is 23.2 Å². The summed E-state index contributed by atoms with van der Waals surface area (Å²) < 4.78 is 5.64. The van der Waals surface area contributed by atoms with Crippen LogP contribution >= 0.6 is 23.2 Å². The molecule has 0 atom stereocenters. The minimum Gasteiger partial charge on any atom is -0.478 e. The van der Waals surface area contributed by atoms with Gasteiger partial charge in [-0.25, -0.2) is 4.79 Å². The van der Waals surface area contributed by atoms with Crippen molar-refractivity contribution >= 4 is 46.8 Å². The molecule has 1 heterocycles. The van der Waals surface area contributed by atoms with E-state index in [2.05, 4.69) is 5.32 Å². The van der Waals surface area contributed by atoms with Gasteiger partial charge < -0.3 is 14.8 Å². The second-order valence-corrected chi connectivity index (χ2v) is 6.68. The predicted molar refractivity (Wildman–Crippen MR) is 110 cm³/mol. The lowest BCUT2D eigenvalue weighted by molar-refractivity contribution is -0.112. The normalized spacial score (nSPS) is 11.0. The summed E-state index contributed by atoms with van der Waals surface area (Å²) in [5.74, 6) is -1.06. The summed E-state index contributed by atoms with van der Waals surface area (Å²) >= 11 is 11.9. The number of amides is 1. The van der Waals surface area contributed by atoms with Crippen LogP contribution < -0.4 is 5.32 Å². The van der Waals surface area contributed by atoms with E-state index in [1.165, 1.54) is 18.2 Å². The third kappa shape index (κ3) is 4.85. The van der Waals surface area contributed by atoms with E-state index < -0.39 is 11.9 Å². The number of hydrogen-bond acceptors (Lipinski definition) is 4. The first-order valence-electron chi connectivity index (χ1n) is 8.19. The molecule has 1 amide bonds. The molecule has 0 radical (unpaired) electrons. The van der Waals surface area contributed by atoms with Crippen molar-refractivity contribution in [1.29, 1.82) is 5.26 Å². The lowest BCUT2D eigenvalue weighted by atomic mass is 10.1. The molecule has 2 N–H and O–H groups in total. The van der Waals surface area contributed by atoms with E-state index in [9.17, 15) is 14.9 Å². The number of rotatable bonds is 5. The first-order chi connectivity index (χ1) is 13.9. The molecule has 0 saturated heterocycles. The summed E-state index contributed by atoms with van der Waals surface area (Å²) in [5, 5.41) is 21.5. The molecule has 2 aromatic carbocycles. The highest BCUT2D eigenvalue weighted by molar-refractivity contribution is 6.33. The van der Waals surface area contributed by atoms with E-state index in [0.29, 0.717) is 22.0 Å². The topological polar surface area (TPSA) is 103 Å². The maximum Gasteiger partial charge on any atom is 0.337 e. The van der Waals surface area contributed by atoms with E-state index in [1.54, 1.807) is 42.5 Å². The zero-order valence-electron chi connectivity index (χ0n) is 14.6. The summed E-state index contributed by atoms with van der Waals surface area (Å²) in [4.78, 5) is 23.4. The fraction of sp³-hybridized carbons (Fsp3) is 0. The van der Waals surface area contributed by atoms with Gasteiger partial charge >= 0.3 is 5.97 Å². The Bertz CT molecular complexity index is 1180. The van der Waals surface area contributed by atoms with Crippen molar-refractivity contribution in [2.45, 2.75) is 0 Å². The predicted octanol–water partition coefficient (Wildman–Crippen LogP) is 5.50. The van der Waals surface area contributed by atoms with Gasteiger partial charge in [0.25, 0.3) is 5.91 Å². The van der Waals surface area contributed by atoms with Gasteiger partial charge in [-0.05, 0) is 42.5 Å². The quantitative estimate of drug-likeness (QED) is 0.414. The maximum absolute atomic E-state index is 12.3. The Hall–Kier alpha value is -3.53. The van der Waals surface area contributed by atoms with Crippen LogP contribution in [0, 0.1) is 11.3 Å². The number of carboxylic acid groups (broad SMARTS) is 1. The first kappa shape index (κ1) is 20.2. The number of carboxylic acids is 1. The molecule has 1 aromatic heterocycles. The summed E-state index contributed by atoms with van der Waals surface area (Å²) in [5.41, 5.74) is 0.829. The third-order valence-corrected chi connectivity index (χ3v) is 4.39. The molecule has 3 aromatic rings. The Morgan fingerprint density at radius 1 is 1.10 bits per heavy atom. The fourth-order valence-corrected chi connectivity index (χ4v) is 2.93. The van der Waals surface area contributed by atoms with Crippen molar-refractivity contribution in [2.75, 3.05) is 5.32 Å². The van der Waals surface area contributed by atoms with Crippen LogP contribution in [0.3, 0.4) is 0 Å². The van der Waals surface area contributed by atoms with Crippen molar-refractivity contribution in [1.82, 2.24) is 0 Å². The van der Waals surface area contributed by atoms with Crippen LogP contribution in [0.5, 0.6) is 0 Å². The summed E-state index contributed by atoms with van der Waals surface area (Å²) in [6.07, 6.45) is 1.30. The molecule has 6 nitrogen and oxygen atoms in total. The number of halogens is 2. The minimum atomic E-state index is -1.13. The van der Waals surface area contributed by atoms with E-state index >= 15 is 0 Å². The molecule has 29 heavy (non-hydrogen) atoms.